The van der Waals surface area contributed by atoms with E-state index in [-0.39, 0.29) is 6.04 Å². The lowest BCUT2D eigenvalue weighted by atomic mass is 10.1. The fourth-order valence-corrected chi connectivity index (χ4v) is 1.75. The van der Waals surface area contributed by atoms with Gasteiger partial charge in [0.15, 0.2) is 0 Å². The van der Waals surface area contributed by atoms with Crippen molar-refractivity contribution in [3.8, 4) is 0 Å². The van der Waals surface area contributed by atoms with Gasteiger partial charge in [0.25, 0.3) is 0 Å². The molecule has 3 nitrogen and oxygen atoms in total. The van der Waals surface area contributed by atoms with E-state index in [9.17, 15) is 8.42 Å². The molecule has 4 heteroatoms. The van der Waals surface area contributed by atoms with E-state index in [2.05, 4.69) is 11.0 Å². The quantitative estimate of drug-likeness (QED) is 0.799. The van der Waals surface area contributed by atoms with Crippen LogP contribution in [0, 0.1) is 6.26 Å². The van der Waals surface area contributed by atoms with Crippen LogP contribution in [0.4, 0.5) is 0 Å². The lowest BCUT2D eigenvalue weighted by Crippen LogP contribution is -2.23. The van der Waals surface area contributed by atoms with E-state index in [0.717, 1.165) is 5.56 Å². The van der Waals surface area contributed by atoms with E-state index in [0.29, 0.717) is 0 Å². The molecule has 0 aliphatic rings. The first kappa shape index (κ1) is 10.2. The Balaban J connectivity index is 2.76. The first-order chi connectivity index (χ1) is 5.99. The van der Waals surface area contributed by atoms with Crippen molar-refractivity contribution in [3.05, 3.63) is 42.2 Å². The van der Waals surface area contributed by atoms with Crippen LogP contribution in [-0.2, 0) is 10.0 Å². The Morgan fingerprint density at radius 3 is 2.31 bits per heavy atom. The number of nitrogens with one attached hydrogen (secondary N) is 1. The zero-order valence-corrected chi connectivity index (χ0v) is 8.21. The average molecular weight is 198 g/mol. The average Bonchev–Trinajstić information content (AvgIpc) is 2.03. The van der Waals surface area contributed by atoms with Crippen LogP contribution in [-0.4, -0.2) is 8.42 Å². The van der Waals surface area contributed by atoms with Gasteiger partial charge in [0, 0.05) is 6.04 Å². The van der Waals surface area contributed by atoms with Gasteiger partial charge in [-0.05, 0) is 12.5 Å². The first-order valence-electron chi connectivity index (χ1n) is 3.89. The fraction of sp³-hybridized carbons (Fsp3) is 0.222. The molecule has 0 aromatic heterocycles. The molecule has 0 spiro atoms. The van der Waals surface area contributed by atoms with Crippen LogP contribution < -0.4 is 4.72 Å². The second kappa shape index (κ2) is 3.89. The highest BCUT2D eigenvalue weighted by atomic mass is 32.2. The molecular weight excluding hydrogens is 186 g/mol. The van der Waals surface area contributed by atoms with E-state index in [1.807, 2.05) is 30.3 Å². The van der Waals surface area contributed by atoms with Gasteiger partial charge in [-0.3, -0.25) is 0 Å². The molecule has 71 valence electrons. The Kier molecular flexibility index (Phi) is 3.06. The molecule has 0 saturated heterocycles. The highest BCUT2D eigenvalue weighted by Crippen LogP contribution is 2.11. The highest BCUT2D eigenvalue weighted by Gasteiger charge is 2.09. The molecule has 0 heterocycles. The Bertz CT molecular complexity index is 358. The number of rotatable bonds is 3. The van der Waals surface area contributed by atoms with Gasteiger partial charge in [0.05, 0.1) is 6.26 Å². The molecule has 1 aromatic rings. The first-order valence-corrected chi connectivity index (χ1v) is 5.54. The molecular formula is C9H12NO2S. The third kappa shape index (κ3) is 3.57. The second-order valence-electron chi connectivity index (χ2n) is 2.86. The summed E-state index contributed by atoms with van der Waals surface area (Å²) in [5.41, 5.74) is 0.926. The topological polar surface area (TPSA) is 46.2 Å². The van der Waals surface area contributed by atoms with Gasteiger partial charge in [-0.15, -0.1) is 0 Å². The van der Waals surface area contributed by atoms with Crippen molar-refractivity contribution in [1.29, 1.82) is 0 Å². The molecule has 1 rings (SSSR count). The summed E-state index contributed by atoms with van der Waals surface area (Å²) in [6.07, 6.45) is 3.00. The summed E-state index contributed by atoms with van der Waals surface area (Å²) in [7, 11) is -3.37. The minimum absolute atomic E-state index is 0.233. The number of benzene rings is 1. The summed E-state index contributed by atoms with van der Waals surface area (Å²) in [6.45, 7) is 1.78. The number of hydrogen-bond acceptors (Lipinski definition) is 2. The Labute approximate surface area is 78.8 Å². The summed E-state index contributed by atoms with van der Waals surface area (Å²) in [4.78, 5) is 0. The molecule has 0 bridgehead atoms. The zero-order valence-electron chi connectivity index (χ0n) is 7.40. The molecule has 1 aromatic carbocycles. The molecule has 1 unspecified atom stereocenters. The molecule has 0 amide bonds. The molecule has 0 aliphatic heterocycles. The van der Waals surface area contributed by atoms with Gasteiger partial charge < -0.3 is 0 Å². The second-order valence-corrected chi connectivity index (χ2v) is 4.33. The van der Waals surface area contributed by atoms with Crippen LogP contribution in [0.15, 0.2) is 30.3 Å². The van der Waals surface area contributed by atoms with Crippen molar-refractivity contribution in [3.63, 3.8) is 0 Å². The van der Waals surface area contributed by atoms with Gasteiger partial charge in [-0.25, -0.2) is 13.1 Å². The molecule has 1 radical (unpaired) electrons. The van der Waals surface area contributed by atoms with Gasteiger partial charge in [0.2, 0.25) is 10.0 Å². The van der Waals surface area contributed by atoms with Crippen LogP contribution >= 0.6 is 0 Å². The Morgan fingerprint density at radius 1 is 1.31 bits per heavy atom. The van der Waals surface area contributed by atoms with E-state index in [1.54, 1.807) is 6.92 Å². The van der Waals surface area contributed by atoms with Crippen molar-refractivity contribution in [2.24, 2.45) is 0 Å². The fourth-order valence-electron chi connectivity index (χ4n) is 1.08. The van der Waals surface area contributed by atoms with Gasteiger partial charge in [0.1, 0.15) is 0 Å². The molecule has 0 saturated carbocycles. The van der Waals surface area contributed by atoms with Crippen molar-refractivity contribution in [2.45, 2.75) is 13.0 Å². The maximum atomic E-state index is 10.8. The van der Waals surface area contributed by atoms with Crippen molar-refractivity contribution >= 4 is 10.0 Å². The van der Waals surface area contributed by atoms with E-state index < -0.39 is 10.0 Å². The Morgan fingerprint density at radius 2 is 1.85 bits per heavy atom. The summed E-state index contributed by atoms with van der Waals surface area (Å²) in [5.74, 6) is 0. The Hall–Kier alpha value is -0.870. The van der Waals surface area contributed by atoms with Crippen molar-refractivity contribution in [1.82, 2.24) is 4.72 Å². The minimum atomic E-state index is -3.37. The van der Waals surface area contributed by atoms with Crippen LogP contribution in [0.2, 0.25) is 0 Å². The van der Waals surface area contributed by atoms with Crippen molar-refractivity contribution in [2.75, 3.05) is 0 Å². The molecule has 13 heavy (non-hydrogen) atoms. The molecule has 1 atom stereocenters. The maximum Gasteiger partial charge on any atom is 0.213 e. The monoisotopic (exact) mass is 198 g/mol. The maximum absolute atomic E-state index is 10.8. The van der Waals surface area contributed by atoms with Crippen LogP contribution in [0.1, 0.15) is 18.5 Å². The van der Waals surface area contributed by atoms with Crippen LogP contribution in [0.25, 0.3) is 0 Å². The normalized spacial score (nSPS) is 14.0. The number of sulfonamides is 1. The predicted molar refractivity (Wildman–Crippen MR) is 52.3 cm³/mol. The summed E-state index contributed by atoms with van der Waals surface area (Å²) in [5, 5.41) is 0. The summed E-state index contributed by atoms with van der Waals surface area (Å²) < 4.78 is 24.0. The van der Waals surface area contributed by atoms with Crippen LogP contribution in [0.3, 0.4) is 0 Å². The molecule has 0 fully saturated rings. The van der Waals surface area contributed by atoms with E-state index in [1.165, 1.54) is 0 Å². The number of hydrogen-bond donors (Lipinski definition) is 1. The largest absolute Gasteiger partial charge is 0.213 e. The van der Waals surface area contributed by atoms with Gasteiger partial charge in [-0.2, -0.15) is 0 Å². The highest BCUT2D eigenvalue weighted by molar-refractivity contribution is 7.90. The smallest absolute Gasteiger partial charge is 0.212 e. The van der Waals surface area contributed by atoms with E-state index >= 15 is 0 Å². The lowest BCUT2D eigenvalue weighted by molar-refractivity contribution is 0.576. The van der Waals surface area contributed by atoms with Crippen LogP contribution in [0.5, 0.6) is 0 Å². The third-order valence-electron chi connectivity index (χ3n) is 1.66. The SMILES string of the molecule is [CH2]S(=O)(=O)NC(C)c1ccccc1. The van der Waals surface area contributed by atoms with Crippen molar-refractivity contribution < 1.29 is 8.42 Å². The zero-order chi connectivity index (χ0) is 9.90. The minimum Gasteiger partial charge on any atom is -0.212 e. The predicted octanol–water partition coefficient (Wildman–Crippen LogP) is 1.46. The van der Waals surface area contributed by atoms with Gasteiger partial charge in [-0.1, -0.05) is 30.3 Å². The van der Waals surface area contributed by atoms with E-state index in [4.69, 9.17) is 0 Å². The van der Waals surface area contributed by atoms with Gasteiger partial charge >= 0.3 is 0 Å². The molecule has 0 aliphatic carbocycles. The molecule has 1 N–H and O–H groups in total. The standard InChI is InChI=1S/C9H12NO2S/c1-8(10-13(2,11)12)9-6-4-3-5-7-9/h3-8,10H,2H2,1H3. The lowest BCUT2D eigenvalue weighted by Gasteiger charge is -2.11. The summed E-state index contributed by atoms with van der Waals surface area (Å²) >= 11 is 0. The summed E-state index contributed by atoms with van der Waals surface area (Å²) in [6, 6.07) is 9.11. The third-order valence-corrected chi connectivity index (χ3v) is 2.37.